The number of likely N-dealkylation sites (tertiary alicyclic amines) is 1. The maximum atomic E-state index is 12.6. The summed E-state index contributed by atoms with van der Waals surface area (Å²) in [7, 11) is 0. The van der Waals surface area contributed by atoms with Crippen LogP contribution in [0.5, 0.6) is 5.75 Å². The van der Waals surface area contributed by atoms with E-state index >= 15 is 0 Å². The molecule has 0 aliphatic carbocycles. The molecule has 30 heavy (non-hydrogen) atoms. The number of anilines is 1. The number of hydrogen-bond acceptors (Lipinski definition) is 4. The summed E-state index contributed by atoms with van der Waals surface area (Å²) in [6.45, 7) is 3.30. The molecule has 0 bridgehead atoms. The van der Waals surface area contributed by atoms with Crippen molar-refractivity contribution in [1.29, 1.82) is 0 Å². The molecule has 3 amide bonds. The molecular formula is C23H27N3O4. The zero-order valence-electron chi connectivity index (χ0n) is 17.1. The molecule has 0 unspecified atom stereocenters. The number of ether oxygens (including phenoxy) is 1. The topological polar surface area (TPSA) is 87.7 Å². The molecule has 1 aliphatic heterocycles. The van der Waals surface area contributed by atoms with Crippen LogP contribution in [0.3, 0.4) is 0 Å². The molecule has 1 atom stereocenters. The molecule has 3 rings (SSSR count). The van der Waals surface area contributed by atoms with Crippen molar-refractivity contribution < 1.29 is 19.1 Å². The van der Waals surface area contributed by atoms with Crippen LogP contribution in [-0.4, -0.2) is 48.9 Å². The number of carbonyl (C=O) groups is 3. The predicted molar refractivity (Wildman–Crippen MR) is 114 cm³/mol. The lowest BCUT2D eigenvalue weighted by atomic mass is 9.97. The van der Waals surface area contributed by atoms with Crippen molar-refractivity contribution in [3.63, 3.8) is 0 Å². The minimum absolute atomic E-state index is 0.0860. The predicted octanol–water partition coefficient (Wildman–Crippen LogP) is 2.69. The van der Waals surface area contributed by atoms with Gasteiger partial charge in [0.2, 0.25) is 11.8 Å². The van der Waals surface area contributed by atoms with Gasteiger partial charge in [0, 0.05) is 24.3 Å². The Labute approximate surface area is 176 Å². The zero-order valence-corrected chi connectivity index (χ0v) is 17.1. The van der Waals surface area contributed by atoms with E-state index in [-0.39, 0.29) is 30.2 Å². The smallest absolute Gasteiger partial charge is 0.251 e. The fraction of sp³-hybridized carbons (Fsp3) is 0.348. The van der Waals surface area contributed by atoms with Gasteiger partial charge in [0.25, 0.3) is 5.91 Å². The van der Waals surface area contributed by atoms with E-state index in [9.17, 15) is 14.4 Å². The monoisotopic (exact) mass is 409 g/mol. The third-order valence-corrected chi connectivity index (χ3v) is 5.01. The largest absolute Gasteiger partial charge is 0.494 e. The lowest BCUT2D eigenvalue weighted by Gasteiger charge is -2.32. The minimum Gasteiger partial charge on any atom is -0.494 e. The second-order valence-corrected chi connectivity index (χ2v) is 7.17. The van der Waals surface area contributed by atoms with E-state index in [1.807, 2.05) is 37.3 Å². The first-order chi connectivity index (χ1) is 14.6. The van der Waals surface area contributed by atoms with Crippen molar-refractivity contribution in [3.05, 3.63) is 60.2 Å². The first-order valence-corrected chi connectivity index (χ1v) is 10.2. The van der Waals surface area contributed by atoms with Crippen LogP contribution < -0.4 is 15.4 Å². The second-order valence-electron chi connectivity index (χ2n) is 7.17. The Hall–Kier alpha value is -3.35. The average Bonchev–Trinajstić information content (AvgIpc) is 2.78. The number of rotatable bonds is 7. The SMILES string of the molecule is CCOc1ccc(C(=O)NCC(=O)N2CCC[C@@H](C(=O)Nc3ccccc3)C2)cc1. The van der Waals surface area contributed by atoms with Crippen LogP contribution in [0.15, 0.2) is 54.6 Å². The normalized spacial score (nSPS) is 15.9. The maximum Gasteiger partial charge on any atom is 0.251 e. The maximum absolute atomic E-state index is 12.6. The van der Waals surface area contributed by atoms with Gasteiger partial charge in [-0.05, 0) is 56.2 Å². The van der Waals surface area contributed by atoms with Gasteiger partial charge in [-0.15, -0.1) is 0 Å². The fourth-order valence-corrected chi connectivity index (χ4v) is 3.42. The van der Waals surface area contributed by atoms with Crippen LogP contribution in [0.1, 0.15) is 30.1 Å². The highest BCUT2D eigenvalue weighted by Crippen LogP contribution is 2.19. The van der Waals surface area contributed by atoms with Crippen molar-refractivity contribution in [2.24, 2.45) is 5.92 Å². The number of benzene rings is 2. The van der Waals surface area contributed by atoms with E-state index in [4.69, 9.17) is 4.74 Å². The molecule has 158 valence electrons. The summed E-state index contributed by atoms with van der Waals surface area (Å²) in [5.74, 6) is -0.159. The molecular weight excluding hydrogens is 382 g/mol. The fourth-order valence-electron chi connectivity index (χ4n) is 3.42. The molecule has 7 nitrogen and oxygen atoms in total. The van der Waals surface area contributed by atoms with E-state index in [1.54, 1.807) is 29.2 Å². The molecule has 7 heteroatoms. The van der Waals surface area contributed by atoms with Crippen LogP contribution in [0.2, 0.25) is 0 Å². The summed E-state index contributed by atoms with van der Waals surface area (Å²) >= 11 is 0. The van der Waals surface area contributed by atoms with Crippen molar-refractivity contribution in [3.8, 4) is 5.75 Å². The van der Waals surface area contributed by atoms with Gasteiger partial charge in [-0.2, -0.15) is 0 Å². The summed E-state index contributed by atoms with van der Waals surface area (Å²) < 4.78 is 5.36. The first-order valence-electron chi connectivity index (χ1n) is 10.2. The molecule has 0 saturated carbocycles. The number of amides is 3. The third-order valence-electron chi connectivity index (χ3n) is 5.01. The number of nitrogens with one attached hydrogen (secondary N) is 2. The standard InChI is InChI=1S/C23H27N3O4/c1-2-30-20-12-10-17(11-13-20)22(28)24-15-21(27)26-14-6-7-18(16-26)23(29)25-19-8-4-3-5-9-19/h3-5,8-13,18H,2,6-7,14-16H2,1H3,(H,24,28)(H,25,29)/t18-/m1/s1. The Morgan fingerprint density at radius 2 is 1.80 bits per heavy atom. The molecule has 1 heterocycles. The molecule has 1 aliphatic rings. The van der Waals surface area contributed by atoms with E-state index in [1.165, 1.54) is 0 Å². The molecule has 0 aromatic heterocycles. The molecule has 1 fully saturated rings. The minimum atomic E-state index is -0.318. The highest BCUT2D eigenvalue weighted by Gasteiger charge is 2.28. The summed E-state index contributed by atoms with van der Waals surface area (Å²) in [5.41, 5.74) is 1.21. The van der Waals surface area contributed by atoms with Crippen molar-refractivity contribution in [1.82, 2.24) is 10.2 Å². The summed E-state index contributed by atoms with van der Waals surface area (Å²) in [6.07, 6.45) is 1.49. The van der Waals surface area contributed by atoms with Crippen molar-refractivity contribution in [2.45, 2.75) is 19.8 Å². The van der Waals surface area contributed by atoms with Gasteiger partial charge in [-0.25, -0.2) is 0 Å². The Morgan fingerprint density at radius 1 is 1.07 bits per heavy atom. The lowest BCUT2D eigenvalue weighted by Crippen LogP contribution is -2.47. The second kappa shape index (κ2) is 10.4. The molecule has 2 N–H and O–H groups in total. The van der Waals surface area contributed by atoms with Gasteiger partial charge >= 0.3 is 0 Å². The van der Waals surface area contributed by atoms with Crippen LogP contribution in [0.25, 0.3) is 0 Å². The van der Waals surface area contributed by atoms with Gasteiger partial charge < -0.3 is 20.3 Å². The van der Waals surface area contributed by atoms with E-state index in [0.717, 1.165) is 18.5 Å². The van der Waals surface area contributed by atoms with Gasteiger partial charge in [0.15, 0.2) is 0 Å². The van der Waals surface area contributed by atoms with Gasteiger partial charge in [-0.1, -0.05) is 18.2 Å². The number of hydrogen-bond donors (Lipinski definition) is 2. The number of nitrogens with zero attached hydrogens (tertiary/aromatic N) is 1. The lowest BCUT2D eigenvalue weighted by molar-refractivity contribution is -0.133. The summed E-state index contributed by atoms with van der Waals surface area (Å²) in [5, 5.41) is 5.56. The highest BCUT2D eigenvalue weighted by atomic mass is 16.5. The average molecular weight is 409 g/mol. The summed E-state index contributed by atoms with van der Waals surface area (Å²) in [4.78, 5) is 39.0. The Kier molecular flexibility index (Phi) is 7.43. The van der Waals surface area contributed by atoms with Crippen LogP contribution in [0, 0.1) is 5.92 Å². The van der Waals surface area contributed by atoms with E-state index in [2.05, 4.69) is 10.6 Å². The molecule has 1 saturated heterocycles. The van der Waals surface area contributed by atoms with Gasteiger partial charge in [-0.3, -0.25) is 14.4 Å². The first kappa shape index (κ1) is 21.4. The Balaban J connectivity index is 1.48. The Bertz CT molecular complexity index is 868. The molecule has 0 radical (unpaired) electrons. The molecule has 2 aromatic rings. The van der Waals surface area contributed by atoms with E-state index in [0.29, 0.717) is 31.0 Å². The third kappa shape index (κ3) is 5.83. The highest BCUT2D eigenvalue weighted by molar-refractivity contribution is 5.97. The molecule has 2 aromatic carbocycles. The van der Waals surface area contributed by atoms with Crippen molar-refractivity contribution in [2.75, 3.05) is 31.6 Å². The van der Waals surface area contributed by atoms with Crippen LogP contribution >= 0.6 is 0 Å². The van der Waals surface area contributed by atoms with Crippen LogP contribution in [0.4, 0.5) is 5.69 Å². The number of piperidine rings is 1. The van der Waals surface area contributed by atoms with Crippen LogP contribution in [-0.2, 0) is 9.59 Å². The van der Waals surface area contributed by atoms with Gasteiger partial charge in [0.05, 0.1) is 19.1 Å². The van der Waals surface area contributed by atoms with Crippen molar-refractivity contribution >= 4 is 23.4 Å². The van der Waals surface area contributed by atoms with Gasteiger partial charge in [0.1, 0.15) is 5.75 Å². The van der Waals surface area contributed by atoms with E-state index < -0.39 is 0 Å². The summed E-state index contributed by atoms with van der Waals surface area (Å²) in [6, 6.07) is 16.0. The Morgan fingerprint density at radius 3 is 2.50 bits per heavy atom. The zero-order chi connectivity index (χ0) is 21.3. The number of para-hydroxylation sites is 1. The molecule has 0 spiro atoms. The quantitative estimate of drug-likeness (QED) is 0.736. The number of carbonyl (C=O) groups excluding carboxylic acids is 3.